The first-order chi connectivity index (χ1) is 27.4. The van der Waals surface area contributed by atoms with Gasteiger partial charge in [-0.15, -0.1) is 20.4 Å². The molecule has 0 aliphatic carbocycles. The van der Waals surface area contributed by atoms with Crippen LogP contribution in [0.25, 0.3) is 22.7 Å². The van der Waals surface area contributed by atoms with Crippen LogP contribution in [0.15, 0.2) is 61.2 Å². The maximum atomic E-state index is 12.8. The van der Waals surface area contributed by atoms with Crippen LogP contribution >= 0.6 is 0 Å². The first-order valence-corrected chi connectivity index (χ1v) is 18.1. The van der Waals surface area contributed by atoms with Gasteiger partial charge in [0.05, 0.1) is 123 Å². The molecule has 0 spiro atoms. The second-order valence-electron chi connectivity index (χ2n) is 13.4. The second-order valence-corrected chi connectivity index (χ2v) is 13.4. The number of benzene rings is 2. The summed E-state index contributed by atoms with van der Waals surface area (Å²) in [6.07, 6.45) is 7.29. The van der Waals surface area contributed by atoms with Gasteiger partial charge in [0.1, 0.15) is 0 Å². The highest BCUT2D eigenvalue weighted by atomic mass is 16.5. The maximum Gasteiger partial charge on any atom is 0.338 e. The van der Waals surface area contributed by atoms with E-state index in [2.05, 4.69) is 51.0 Å². The molecule has 20 nitrogen and oxygen atoms in total. The molecule has 2 atom stereocenters. The van der Waals surface area contributed by atoms with E-state index in [4.69, 9.17) is 18.9 Å². The summed E-state index contributed by atoms with van der Waals surface area (Å²) in [5.74, 6) is -0.616. The van der Waals surface area contributed by atoms with Gasteiger partial charge in [0, 0.05) is 44.8 Å². The molecule has 3 aliphatic heterocycles. The minimum atomic E-state index is -0.511. The van der Waals surface area contributed by atoms with E-state index in [1.54, 1.807) is 43.0 Å². The van der Waals surface area contributed by atoms with E-state index in [1.807, 2.05) is 36.9 Å². The Balaban J connectivity index is 1.23. The molecule has 20 heteroatoms. The average molecular weight is 765 g/mol. The van der Waals surface area contributed by atoms with Crippen molar-refractivity contribution in [3.63, 3.8) is 0 Å². The van der Waals surface area contributed by atoms with E-state index in [1.165, 1.54) is 14.0 Å². The summed E-state index contributed by atoms with van der Waals surface area (Å²) in [4.78, 5) is 29.8. The van der Waals surface area contributed by atoms with Crippen molar-refractivity contribution in [2.45, 2.75) is 33.1 Å². The number of rotatable bonds is 2. The minimum absolute atomic E-state index is 0.105. The largest absolute Gasteiger partial charge is 0.465 e. The zero-order valence-corrected chi connectivity index (χ0v) is 31.0. The number of esters is 1. The van der Waals surface area contributed by atoms with Gasteiger partial charge < -0.3 is 18.9 Å². The van der Waals surface area contributed by atoms with Crippen molar-refractivity contribution in [3.8, 4) is 22.7 Å². The van der Waals surface area contributed by atoms with Crippen LogP contribution in [0.5, 0.6) is 0 Å². The lowest BCUT2D eigenvalue weighted by Crippen LogP contribution is -2.28. The lowest BCUT2D eigenvalue weighted by atomic mass is 10.1. The Kier molecular flexibility index (Phi) is 11.0. The molecule has 2 unspecified atom stereocenters. The number of nitrogens with zero attached hydrogens (tertiary/aromatic N) is 14. The fourth-order valence-electron chi connectivity index (χ4n) is 6.42. The summed E-state index contributed by atoms with van der Waals surface area (Å²) in [5.41, 5.74) is 5.95. The van der Waals surface area contributed by atoms with Crippen molar-refractivity contribution in [2.24, 2.45) is 0 Å². The van der Waals surface area contributed by atoms with Crippen LogP contribution < -0.4 is 0 Å². The van der Waals surface area contributed by atoms with Crippen LogP contribution in [0, 0.1) is 0 Å². The topological polar surface area (TPSA) is 200 Å². The normalized spacial score (nSPS) is 18.3. The fraction of sp³-hybridized carbons (Fsp3) is 0.389. The van der Waals surface area contributed by atoms with Crippen LogP contribution in [0.1, 0.15) is 50.4 Å². The second kappa shape index (κ2) is 16.8. The van der Waals surface area contributed by atoms with Crippen LogP contribution in [0.2, 0.25) is 0 Å². The molecule has 9 rings (SSSR count). The highest BCUT2D eigenvalue weighted by Gasteiger charge is 2.19. The molecule has 0 radical (unpaired) electrons. The van der Waals surface area contributed by atoms with Crippen LogP contribution in [-0.2, 0) is 45.1 Å². The Hall–Kier alpha value is -6.06. The van der Waals surface area contributed by atoms with E-state index in [9.17, 15) is 9.59 Å². The molecule has 56 heavy (non-hydrogen) atoms. The zero-order valence-electron chi connectivity index (χ0n) is 31.0. The molecule has 0 fully saturated rings. The molecular weight excluding hydrogens is 724 g/mol. The predicted octanol–water partition coefficient (Wildman–Crippen LogP) is 1.38. The summed E-state index contributed by atoms with van der Waals surface area (Å²) in [6.45, 7) is 6.74. The summed E-state index contributed by atoms with van der Waals surface area (Å²) in [5, 5.41) is 35.6. The van der Waals surface area contributed by atoms with E-state index in [0.717, 1.165) is 0 Å². The molecule has 0 saturated heterocycles. The van der Waals surface area contributed by atoms with Crippen molar-refractivity contribution in [1.29, 1.82) is 0 Å². The molecule has 2 aromatic carbocycles. The van der Waals surface area contributed by atoms with Gasteiger partial charge in [0.25, 0.3) is 0 Å². The molecule has 0 amide bonds. The third-order valence-corrected chi connectivity index (χ3v) is 9.24. The molecule has 4 aromatic heterocycles. The third-order valence-electron chi connectivity index (χ3n) is 9.24. The van der Waals surface area contributed by atoms with Crippen molar-refractivity contribution < 1.29 is 28.5 Å². The van der Waals surface area contributed by atoms with Crippen molar-refractivity contribution in [2.75, 3.05) is 59.8 Å². The molecule has 0 N–H and O–H groups in total. The Labute approximate surface area is 320 Å². The molecule has 3 aliphatic rings. The van der Waals surface area contributed by atoms with Gasteiger partial charge in [-0.25, -0.2) is 23.5 Å². The molecule has 7 heterocycles. The average Bonchev–Trinajstić information content (AvgIpc) is 4.04. The van der Waals surface area contributed by atoms with Crippen LogP contribution in [0.4, 0.5) is 0 Å². The molecular formula is C36H40N14O6. The monoisotopic (exact) mass is 764 g/mol. The summed E-state index contributed by atoms with van der Waals surface area (Å²) in [7, 11) is 1.34. The SMILES string of the molecule is COC(=O)c1cc2cc(c1)-n1cc(nn1)CN1CCOCCOCCOCCN(Cc3cn(nn3)-c3cc(C(C)=O)cc(c3)-n3cc(nn3)C1)Cc1cn-2nn1. The minimum Gasteiger partial charge on any atom is -0.465 e. The van der Waals surface area contributed by atoms with Crippen molar-refractivity contribution in [1.82, 2.24) is 69.8 Å². The van der Waals surface area contributed by atoms with Crippen molar-refractivity contribution >= 4 is 11.8 Å². The number of aromatic nitrogens is 12. The molecule has 0 saturated carbocycles. The van der Waals surface area contributed by atoms with E-state index in [-0.39, 0.29) is 5.78 Å². The number of hydrogen-bond acceptors (Lipinski definition) is 16. The quantitative estimate of drug-likeness (QED) is 0.139. The van der Waals surface area contributed by atoms with Gasteiger partial charge in [0.2, 0.25) is 0 Å². The Morgan fingerprint density at radius 2 is 0.857 bits per heavy atom. The zero-order chi connectivity index (χ0) is 38.4. The van der Waals surface area contributed by atoms with Crippen LogP contribution in [0.3, 0.4) is 0 Å². The number of hydrogen-bond donors (Lipinski definition) is 0. The van der Waals surface area contributed by atoms with Crippen molar-refractivity contribution in [3.05, 3.63) is 95.1 Å². The number of Topliss-reactive ketones (excluding diaryl/α,β-unsaturated/α-hetero) is 1. The Morgan fingerprint density at radius 3 is 1.20 bits per heavy atom. The highest BCUT2D eigenvalue weighted by molar-refractivity contribution is 5.95. The number of ether oxygens (including phenoxy) is 4. The smallest absolute Gasteiger partial charge is 0.338 e. The molecule has 290 valence electrons. The Bertz CT molecular complexity index is 2180. The standard InChI is InChI=1S/C36H40N14O6/c1-25(51)26-11-32-15-33(12-26)48-22-29(38-42-48)18-46-4-6-55-8-10-56-9-7-54-5-3-45(17-28-21-47(32)41-37-28)19-30-23-49(43-39-30)34-13-27(36(52)53-2)14-35(16-34)50-24-31(20-46)40-44-50/h11-16,21-24H,3-10,17-20H2,1-2H3. The first kappa shape index (κ1) is 36.9. The van der Waals surface area contributed by atoms with Gasteiger partial charge in [-0.05, 0) is 43.3 Å². The lowest BCUT2D eigenvalue weighted by molar-refractivity contribution is 0.00560. The number of ketones is 1. The van der Waals surface area contributed by atoms with Gasteiger partial charge in [-0.2, -0.15) is 0 Å². The predicted molar refractivity (Wildman–Crippen MR) is 195 cm³/mol. The number of methoxy groups -OCH3 is 1. The van der Waals surface area contributed by atoms with Gasteiger partial charge in [0.15, 0.2) is 5.78 Å². The van der Waals surface area contributed by atoms with E-state index < -0.39 is 5.97 Å². The number of fused-ring (bicyclic) bond motifs is 10. The molecule has 6 aromatic rings. The van der Waals surface area contributed by atoms with Gasteiger partial charge in [-0.1, -0.05) is 20.9 Å². The molecule has 14 bridgehead atoms. The summed E-state index contributed by atoms with van der Waals surface area (Å²) < 4.78 is 29.2. The summed E-state index contributed by atoms with van der Waals surface area (Å²) in [6, 6.07) is 10.7. The van der Waals surface area contributed by atoms with Crippen LogP contribution in [-0.4, -0.2) is 141 Å². The lowest BCUT2D eigenvalue weighted by Gasteiger charge is -2.20. The maximum absolute atomic E-state index is 12.8. The third kappa shape index (κ3) is 8.74. The van der Waals surface area contributed by atoms with Gasteiger partial charge in [-0.3, -0.25) is 14.6 Å². The van der Waals surface area contributed by atoms with Gasteiger partial charge >= 0.3 is 5.97 Å². The van der Waals surface area contributed by atoms with E-state index in [0.29, 0.717) is 136 Å². The fourth-order valence-corrected chi connectivity index (χ4v) is 6.42. The first-order valence-electron chi connectivity index (χ1n) is 18.1. The highest BCUT2D eigenvalue weighted by Crippen LogP contribution is 2.22. The van der Waals surface area contributed by atoms with E-state index >= 15 is 0 Å². The number of carbonyl (C=O) groups excluding carboxylic acids is 2. The summed E-state index contributed by atoms with van der Waals surface area (Å²) >= 11 is 0. The Morgan fingerprint density at radius 1 is 0.518 bits per heavy atom. The number of carbonyl (C=O) groups is 2.